The molecule has 0 saturated carbocycles. The van der Waals surface area contributed by atoms with Crippen LogP contribution in [0.1, 0.15) is 41.4 Å². The van der Waals surface area contributed by atoms with Gasteiger partial charge in [0.2, 0.25) is 0 Å². The third kappa shape index (κ3) is 4.60. The van der Waals surface area contributed by atoms with Crippen LogP contribution in [-0.2, 0) is 0 Å². The Balaban J connectivity index is 1.39. The minimum Gasteiger partial charge on any atom is -0.508 e. The van der Waals surface area contributed by atoms with Gasteiger partial charge in [0.05, 0.1) is 6.61 Å². The van der Waals surface area contributed by atoms with Crippen molar-refractivity contribution in [2.24, 2.45) is 0 Å². The zero-order valence-electron chi connectivity index (χ0n) is 17.7. The fraction of sp³-hybridized carbons (Fsp3) is 0.333. The molecule has 2 heterocycles. The van der Waals surface area contributed by atoms with Gasteiger partial charge >= 0.3 is 0 Å². The third-order valence-electron chi connectivity index (χ3n) is 6.49. The summed E-state index contributed by atoms with van der Waals surface area (Å²) >= 11 is 1.94. The molecule has 3 nitrogen and oxygen atoms in total. The van der Waals surface area contributed by atoms with Crippen molar-refractivity contribution in [1.82, 2.24) is 4.90 Å². The number of hydrogen-bond donors (Lipinski definition) is 1. The quantitative estimate of drug-likeness (QED) is 0.494. The number of hydrogen-bond acceptors (Lipinski definition) is 4. The van der Waals surface area contributed by atoms with Gasteiger partial charge in [0.15, 0.2) is 0 Å². The maximum absolute atomic E-state index is 10.2. The predicted molar refractivity (Wildman–Crippen MR) is 127 cm³/mol. The van der Waals surface area contributed by atoms with Gasteiger partial charge in [-0.3, -0.25) is 0 Å². The molecule has 0 bridgehead atoms. The van der Waals surface area contributed by atoms with Gasteiger partial charge in [0.25, 0.3) is 0 Å². The van der Waals surface area contributed by atoms with Crippen LogP contribution < -0.4 is 4.74 Å². The third-order valence-corrected chi connectivity index (χ3v) is 7.48. The van der Waals surface area contributed by atoms with E-state index in [2.05, 4.69) is 59.5 Å². The van der Waals surface area contributed by atoms with Gasteiger partial charge in [0, 0.05) is 34.6 Å². The SMILES string of the molecule is Oc1ccc2c(c1)[C@H](c1ccc(SCCN3CCCC3)cc1)[C@H](c1ccccc1)CO2. The van der Waals surface area contributed by atoms with Crippen LogP contribution in [0.5, 0.6) is 11.5 Å². The maximum atomic E-state index is 10.2. The molecule has 1 N–H and O–H groups in total. The molecule has 0 unspecified atom stereocenters. The van der Waals surface area contributed by atoms with Crippen molar-refractivity contribution < 1.29 is 9.84 Å². The van der Waals surface area contributed by atoms with Crippen LogP contribution in [0.2, 0.25) is 0 Å². The van der Waals surface area contributed by atoms with Crippen LogP contribution in [-0.4, -0.2) is 42.0 Å². The first-order valence-corrected chi connectivity index (χ1v) is 12.2. The second-order valence-corrected chi connectivity index (χ2v) is 9.66. The van der Waals surface area contributed by atoms with Crippen LogP contribution in [0.25, 0.3) is 0 Å². The molecule has 31 heavy (non-hydrogen) atoms. The van der Waals surface area contributed by atoms with E-state index in [1.807, 2.05) is 23.9 Å². The van der Waals surface area contributed by atoms with E-state index >= 15 is 0 Å². The lowest BCUT2D eigenvalue weighted by molar-refractivity contribution is 0.248. The van der Waals surface area contributed by atoms with Crippen molar-refractivity contribution in [2.75, 3.05) is 32.0 Å². The summed E-state index contributed by atoms with van der Waals surface area (Å²) in [5.41, 5.74) is 3.60. The van der Waals surface area contributed by atoms with Crippen molar-refractivity contribution in [2.45, 2.75) is 29.6 Å². The molecule has 160 valence electrons. The van der Waals surface area contributed by atoms with Gasteiger partial charge in [0.1, 0.15) is 11.5 Å². The van der Waals surface area contributed by atoms with Crippen molar-refractivity contribution in [3.63, 3.8) is 0 Å². The molecule has 3 aromatic rings. The van der Waals surface area contributed by atoms with Gasteiger partial charge in [-0.2, -0.15) is 0 Å². The molecule has 5 rings (SSSR count). The topological polar surface area (TPSA) is 32.7 Å². The average molecular weight is 432 g/mol. The van der Waals surface area contributed by atoms with Crippen molar-refractivity contribution in [3.8, 4) is 11.5 Å². The molecular weight excluding hydrogens is 402 g/mol. The maximum Gasteiger partial charge on any atom is 0.123 e. The highest BCUT2D eigenvalue weighted by atomic mass is 32.2. The van der Waals surface area contributed by atoms with Gasteiger partial charge in [-0.15, -0.1) is 11.8 Å². The van der Waals surface area contributed by atoms with E-state index in [-0.39, 0.29) is 17.6 Å². The molecule has 2 aliphatic rings. The van der Waals surface area contributed by atoms with E-state index in [1.54, 1.807) is 6.07 Å². The summed E-state index contributed by atoms with van der Waals surface area (Å²) in [5.74, 6) is 2.67. The number of benzene rings is 3. The average Bonchev–Trinajstić information content (AvgIpc) is 3.33. The Kier molecular flexibility index (Phi) is 6.19. The summed E-state index contributed by atoms with van der Waals surface area (Å²) in [6, 6.07) is 25.1. The van der Waals surface area contributed by atoms with Crippen LogP contribution in [0.15, 0.2) is 77.7 Å². The zero-order valence-corrected chi connectivity index (χ0v) is 18.6. The Morgan fingerprint density at radius 2 is 1.68 bits per heavy atom. The normalized spacial score (nSPS) is 20.9. The Hall–Kier alpha value is -2.43. The lowest BCUT2D eigenvalue weighted by atomic mass is 9.76. The molecule has 2 aliphatic heterocycles. The van der Waals surface area contributed by atoms with E-state index < -0.39 is 0 Å². The molecular formula is C27H29NO2S. The highest BCUT2D eigenvalue weighted by molar-refractivity contribution is 7.99. The lowest BCUT2D eigenvalue weighted by Gasteiger charge is -2.34. The zero-order chi connectivity index (χ0) is 21.0. The largest absolute Gasteiger partial charge is 0.508 e. The molecule has 0 amide bonds. The number of likely N-dealkylation sites (tertiary alicyclic amines) is 1. The van der Waals surface area contributed by atoms with E-state index in [0.717, 1.165) is 17.1 Å². The highest BCUT2D eigenvalue weighted by Gasteiger charge is 2.33. The number of fused-ring (bicyclic) bond motifs is 1. The first-order valence-electron chi connectivity index (χ1n) is 11.2. The van der Waals surface area contributed by atoms with Crippen LogP contribution in [0.3, 0.4) is 0 Å². The monoisotopic (exact) mass is 431 g/mol. The van der Waals surface area contributed by atoms with E-state index in [1.165, 1.54) is 48.5 Å². The lowest BCUT2D eigenvalue weighted by Crippen LogP contribution is -2.25. The molecule has 0 radical (unpaired) electrons. The molecule has 4 heteroatoms. The fourth-order valence-corrected chi connectivity index (χ4v) is 5.79. The summed E-state index contributed by atoms with van der Waals surface area (Å²) in [5, 5.41) is 10.2. The van der Waals surface area contributed by atoms with Crippen LogP contribution in [0, 0.1) is 0 Å². The molecule has 1 saturated heterocycles. The van der Waals surface area contributed by atoms with Gasteiger partial charge in [-0.25, -0.2) is 0 Å². The summed E-state index contributed by atoms with van der Waals surface area (Å²) in [6.07, 6.45) is 2.70. The number of aromatic hydroxyl groups is 1. The first-order chi connectivity index (χ1) is 15.3. The molecule has 2 atom stereocenters. The molecule has 1 fully saturated rings. The number of phenols is 1. The molecule has 0 spiro atoms. The molecule has 3 aromatic carbocycles. The summed E-state index contributed by atoms with van der Waals surface area (Å²) in [6.45, 7) is 4.33. The fourth-order valence-electron chi connectivity index (χ4n) is 4.87. The Bertz CT molecular complexity index is 1000. The Labute approximate surface area is 189 Å². The minimum absolute atomic E-state index is 0.155. The standard InChI is InChI=1S/C27H29NO2S/c29-22-10-13-26-24(18-22)27(25(19-30-26)20-6-2-1-3-7-20)21-8-11-23(12-9-21)31-17-16-28-14-4-5-15-28/h1-3,6-13,18,25,27,29H,4-5,14-17,19H2/t25-,27-/m0/s1. The molecule has 0 aliphatic carbocycles. The second-order valence-electron chi connectivity index (χ2n) is 8.49. The summed E-state index contributed by atoms with van der Waals surface area (Å²) in [4.78, 5) is 3.89. The minimum atomic E-state index is 0.155. The van der Waals surface area contributed by atoms with Crippen molar-refractivity contribution in [3.05, 3.63) is 89.5 Å². The number of ether oxygens (including phenoxy) is 1. The van der Waals surface area contributed by atoms with E-state index in [9.17, 15) is 5.11 Å². The second kappa shape index (κ2) is 9.37. The first kappa shape index (κ1) is 20.5. The predicted octanol–water partition coefficient (Wildman–Crippen LogP) is 5.89. The summed E-state index contributed by atoms with van der Waals surface area (Å²) < 4.78 is 6.10. The van der Waals surface area contributed by atoms with Gasteiger partial charge < -0.3 is 14.7 Å². The van der Waals surface area contributed by atoms with Gasteiger partial charge in [-0.1, -0.05) is 42.5 Å². The van der Waals surface area contributed by atoms with Crippen molar-refractivity contribution in [1.29, 1.82) is 0 Å². The number of phenolic OH excluding ortho intramolecular Hbond substituents is 1. The van der Waals surface area contributed by atoms with Crippen LogP contribution >= 0.6 is 11.8 Å². The van der Waals surface area contributed by atoms with Crippen molar-refractivity contribution >= 4 is 11.8 Å². The van der Waals surface area contributed by atoms with E-state index in [0.29, 0.717) is 6.61 Å². The smallest absolute Gasteiger partial charge is 0.123 e. The number of thioether (sulfide) groups is 1. The highest BCUT2D eigenvalue weighted by Crippen LogP contribution is 2.47. The van der Waals surface area contributed by atoms with E-state index in [4.69, 9.17) is 4.74 Å². The summed E-state index contributed by atoms with van der Waals surface area (Å²) in [7, 11) is 0. The number of nitrogens with zero attached hydrogens (tertiary/aromatic N) is 1. The van der Waals surface area contributed by atoms with Gasteiger partial charge in [-0.05, 0) is 67.4 Å². The number of rotatable bonds is 6. The Morgan fingerprint density at radius 3 is 2.45 bits per heavy atom. The van der Waals surface area contributed by atoms with Crippen LogP contribution in [0.4, 0.5) is 0 Å². The molecule has 0 aromatic heterocycles. The Morgan fingerprint density at radius 1 is 0.903 bits per heavy atom.